The molecule has 0 radical (unpaired) electrons. The van der Waals surface area contributed by atoms with Gasteiger partial charge >= 0.3 is 6.09 Å². The topological polar surface area (TPSA) is 151 Å². The number of nitrogens with two attached hydrogens (primary N) is 2. The Kier molecular flexibility index (Phi) is 4.84. The number of rotatable bonds is 2. The standard InChI is InChI=1S/C22H26N8O3/c1-22(2,3)33-21(31)29-8-6-13(7-9-29)30-19-16(18(23)25-11-26-19)17(28-30)12-4-5-15-14(10-12)27-20(24)32-15/h4-5,10-11,13H,6-9H2,1-3H3,(H2,24,27)(H2,23,25,26). The van der Waals surface area contributed by atoms with Gasteiger partial charge in [0.05, 0.1) is 11.4 Å². The van der Waals surface area contributed by atoms with E-state index in [1.165, 1.54) is 6.33 Å². The molecule has 11 heteroatoms. The van der Waals surface area contributed by atoms with Crippen molar-refractivity contribution in [2.75, 3.05) is 24.6 Å². The largest absolute Gasteiger partial charge is 0.444 e. The lowest BCUT2D eigenvalue weighted by Gasteiger charge is -2.33. The number of anilines is 2. The minimum Gasteiger partial charge on any atom is -0.444 e. The van der Waals surface area contributed by atoms with Crippen LogP contribution in [-0.2, 0) is 4.74 Å². The van der Waals surface area contributed by atoms with E-state index in [-0.39, 0.29) is 18.1 Å². The van der Waals surface area contributed by atoms with E-state index in [0.717, 1.165) is 18.4 Å². The number of benzene rings is 1. The molecular formula is C22H26N8O3. The number of nitrogens with zero attached hydrogens (tertiary/aromatic N) is 6. The summed E-state index contributed by atoms with van der Waals surface area (Å²) in [4.78, 5) is 27.0. The van der Waals surface area contributed by atoms with Crippen molar-refractivity contribution in [3.05, 3.63) is 24.5 Å². The van der Waals surface area contributed by atoms with Crippen LogP contribution in [0.2, 0.25) is 0 Å². The van der Waals surface area contributed by atoms with Crippen LogP contribution in [0.5, 0.6) is 0 Å². The summed E-state index contributed by atoms with van der Waals surface area (Å²) in [5.41, 5.74) is 14.8. The van der Waals surface area contributed by atoms with E-state index < -0.39 is 5.60 Å². The van der Waals surface area contributed by atoms with Crippen LogP contribution in [-0.4, -0.2) is 54.4 Å². The Morgan fingerprint density at radius 2 is 1.94 bits per heavy atom. The number of hydrogen-bond acceptors (Lipinski definition) is 9. The van der Waals surface area contributed by atoms with Crippen molar-refractivity contribution >= 4 is 40.1 Å². The normalized spacial score (nSPS) is 15.4. The van der Waals surface area contributed by atoms with Crippen molar-refractivity contribution in [2.45, 2.75) is 45.3 Å². The molecule has 0 spiro atoms. The van der Waals surface area contributed by atoms with Gasteiger partial charge in [0.15, 0.2) is 11.2 Å². The molecule has 11 nitrogen and oxygen atoms in total. The number of carbonyl (C=O) groups excluding carboxylic acids is 1. The molecule has 3 aromatic heterocycles. The first-order valence-corrected chi connectivity index (χ1v) is 10.8. The van der Waals surface area contributed by atoms with Gasteiger partial charge in [-0.25, -0.2) is 19.4 Å². The number of carbonyl (C=O) groups is 1. The molecule has 1 amide bonds. The van der Waals surface area contributed by atoms with Crippen molar-refractivity contribution in [1.82, 2.24) is 29.6 Å². The molecule has 1 aromatic carbocycles. The van der Waals surface area contributed by atoms with Gasteiger partial charge in [0.1, 0.15) is 29.0 Å². The maximum absolute atomic E-state index is 12.4. The van der Waals surface area contributed by atoms with Crippen LogP contribution in [0.3, 0.4) is 0 Å². The lowest BCUT2D eigenvalue weighted by Crippen LogP contribution is -2.42. The highest BCUT2D eigenvalue weighted by Crippen LogP contribution is 2.35. The van der Waals surface area contributed by atoms with Gasteiger partial charge in [0, 0.05) is 18.7 Å². The first kappa shape index (κ1) is 21.0. The van der Waals surface area contributed by atoms with Crippen LogP contribution in [0.15, 0.2) is 28.9 Å². The quantitative estimate of drug-likeness (QED) is 0.468. The summed E-state index contributed by atoms with van der Waals surface area (Å²) in [7, 11) is 0. The van der Waals surface area contributed by atoms with Crippen molar-refractivity contribution in [1.29, 1.82) is 0 Å². The first-order chi connectivity index (χ1) is 15.7. The van der Waals surface area contributed by atoms with Crippen LogP contribution in [0.4, 0.5) is 16.6 Å². The van der Waals surface area contributed by atoms with E-state index in [4.69, 9.17) is 25.7 Å². The monoisotopic (exact) mass is 450 g/mol. The molecule has 1 fully saturated rings. The Labute approximate surface area is 189 Å². The summed E-state index contributed by atoms with van der Waals surface area (Å²) in [6.45, 7) is 6.74. The Hall–Kier alpha value is -3.89. The third-order valence-electron chi connectivity index (χ3n) is 5.66. The molecule has 1 aliphatic rings. The number of aromatic nitrogens is 5. The highest BCUT2D eigenvalue weighted by atomic mass is 16.6. The highest BCUT2D eigenvalue weighted by molar-refractivity contribution is 5.99. The highest BCUT2D eigenvalue weighted by Gasteiger charge is 2.30. The molecule has 4 heterocycles. The Morgan fingerprint density at radius 1 is 1.18 bits per heavy atom. The molecule has 33 heavy (non-hydrogen) atoms. The van der Waals surface area contributed by atoms with E-state index in [0.29, 0.717) is 46.7 Å². The third-order valence-corrected chi connectivity index (χ3v) is 5.66. The molecule has 1 saturated heterocycles. The number of fused-ring (bicyclic) bond motifs is 2. The molecule has 4 N–H and O–H groups in total. The van der Waals surface area contributed by atoms with E-state index >= 15 is 0 Å². The van der Waals surface area contributed by atoms with Crippen LogP contribution in [0, 0.1) is 0 Å². The lowest BCUT2D eigenvalue weighted by atomic mass is 10.1. The van der Waals surface area contributed by atoms with Crippen molar-refractivity contribution in [2.24, 2.45) is 0 Å². The fourth-order valence-electron chi connectivity index (χ4n) is 4.16. The maximum atomic E-state index is 12.4. The predicted octanol–water partition coefficient (Wildman–Crippen LogP) is 3.37. The average Bonchev–Trinajstić information content (AvgIpc) is 3.32. The SMILES string of the molecule is CC(C)(C)OC(=O)N1CCC(n2nc(-c3ccc4oc(N)nc4c3)c3c(N)ncnc32)CC1. The molecule has 4 aromatic rings. The average molecular weight is 451 g/mol. The van der Waals surface area contributed by atoms with Crippen LogP contribution in [0.25, 0.3) is 33.4 Å². The van der Waals surface area contributed by atoms with E-state index in [1.807, 2.05) is 37.6 Å². The molecule has 0 aliphatic carbocycles. The van der Waals surface area contributed by atoms with Gasteiger partial charge in [-0.3, -0.25) is 0 Å². The number of ether oxygens (including phenoxy) is 1. The van der Waals surface area contributed by atoms with E-state index in [9.17, 15) is 4.79 Å². The zero-order chi connectivity index (χ0) is 23.3. The second-order valence-corrected chi connectivity index (χ2v) is 9.18. The zero-order valence-electron chi connectivity index (χ0n) is 18.8. The number of oxazole rings is 1. The summed E-state index contributed by atoms with van der Waals surface area (Å²) in [6.07, 6.45) is 2.59. The molecule has 5 rings (SSSR count). The lowest BCUT2D eigenvalue weighted by molar-refractivity contribution is 0.0186. The second-order valence-electron chi connectivity index (χ2n) is 9.18. The Balaban J connectivity index is 1.47. The van der Waals surface area contributed by atoms with Gasteiger partial charge in [-0.05, 0) is 51.8 Å². The third kappa shape index (κ3) is 3.90. The summed E-state index contributed by atoms with van der Waals surface area (Å²) >= 11 is 0. The summed E-state index contributed by atoms with van der Waals surface area (Å²) in [6, 6.07) is 5.71. The second kappa shape index (κ2) is 7.61. The molecular weight excluding hydrogens is 424 g/mol. The number of nitrogen functional groups attached to an aromatic ring is 2. The number of piperidine rings is 1. The molecule has 1 aliphatic heterocycles. The fourth-order valence-corrected chi connectivity index (χ4v) is 4.16. The molecule has 0 bridgehead atoms. The molecule has 172 valence electrons. The first-order valence-electron chi connectivity index (χ1n) is 10.8. The maximum Gasteiger partial charge on any atom is 0.410 e. The zero-order valence-corrected chi connectivity index (χ0v) is 18.8. The van der Waals surface area contributed by atoms with Crippen LogP contribution >= 0.6 is 0 Å². The number of likely N-dealkylation sites (tertiary alicyclic amines) is 1. The van der Waals surface area contributed by atoms with Gasteiger partial charge in [-0.2, -0.15) is 10.1 Å². The summed E-state index contributed by atoms with van der Waals surface area (Å²) in [5, 5.41) is 5.58. The minimum atomic E-state index is -0.523. The number of amides is 1. The minimum absolute atomic E-state index is 0.0562. The molecule has 0 saturated carbocycles. The van der Waals surface area contributed by atoms with Gasteiger partial charge < -0.3 is 25.5 Å². The van der Waals surface area contributed by atoms with Gasteiger partial charge in [-0.15, -0.1) is 0 Å². The van der Waals surface area contributed by atoms with Crippen LogP contribution in [0.1, 0.15) is 39.7 Å². The van der Waals surface area contributed by atoms with Crippen LogP contribution < -0.4 is 11.5 Å². The Bertz CT molecular complexity index is 1350. The summed E-state index contributed by atoms with van der Waals surface area (Å²) in [5.74, 6) is 0.354. The van der Waals surface area contributed by atoms with Gasteiger partial charge in [0.2, 0.25) is 0 Å². The predicted molar refractivity (Wildman–Crippen MR) is 123 cm³/mol. The van der Waals surface area contributed by atoms with E-state index in [1.54, 1.807) is 11.0 Å². The summed E-state index contributed by atoms with van der Waals surface area (Å²) < 4.78 is 12.8. The Morgan fingerprint density at radius 3 is 2.67 bits per heavy atom. The number of hydrogen-bond donors (Lipinski definition) is 2. The van der Waals surface area contributed by atoms with Crippen molar-refractivity contribution in [3.8, 4) is 11.3 Å². The molecule has 0 unspecified atom stereocenters. The smallest absolute Gasteiger partial charge is 0.410 e. The van der Waals surface area contributed by atoms with Gasteiger partial charge in [0.25, 0.3) is 6.01 Å². The van der Waals surface area contributed by atoms with Crippen molar-refractivity contribution in [3.63, 3.8) is 0 Å². The fraction of sp³-hybridized carbons (Fsp3) is 0.409. The molecule has 0 atom stereocenters. The van der Waals surface area contributed by atoms with Gasteiger partial charge in [-0.1, -0.05) is 0 Å². The van der Waals surface area contributed by atoms with Crippen molar-refractivity contribution < 1.29 is 13.9 Å². The van der Waals surface area contributed by atoms with E-state index in [2.05, 4.69) is 15.0 Å².